The van der Waals surface area contributed by atoms with E-state index in [4.69, 9.17) is 12.2 Å². The summed E-state index contributed by atoms with van der Waals surface area (Å²) in [5.41, 5.74) is 1.98. The summed E-state index contributed by atoms with van der Waals surface area (Å²) in [5.74, 6) is -2.33. The maximum absolute atomic E-state index is 13.2. The van der Waals surface area contributed by atoms with Crippen LogP contribution in [0.4, 0.5) is 5.69 Å². The number of thiocarbonyl (C=S) groups is 1. The molecule has 3 aliphatic rings. The number of thioether (sulfide) groups is 3. The summed E-state index contributed by atoms with van der Waals surface area (Å²) in [7, 11) is 0. The summed E-state index contributed by atoms with van der Waals surface area (Å²) in [6.07, 6.45) is 3.80. The van der Waals surface area contributed by atoms with Gasteiger partial charge in [0.2, 0.25) is 5.91 Å². The Hall–Kier alpha value is -2.67. The second-order valence-electron chi connectivity index (χ2n) is 8.02. The number of fused-ring (bicyclic) bond motifs is 1. The van der Waals surface area contributed by atoms with Crippen molar-refractivity contribution >= 4 is 75.3 Å². The van der Waals surface area contributed by atoms with Crippen molar-refractivity contribution in [3.8, 4) is 0 Å². The zero-order valence-electron chi connectivity index (χ0n) is 19.5. The molecule has 12 heteroatoms. The highest BCUT2D eigenvalue weighted by Gasteiger charge is 2.44. The standard InChI is InChI=1S/C24H23N3O5S4/c1-4-25-15-7-5-6-8-16(15)34-18(25)10-13(2)9-17-21(31)26(12-19(29)30)23(35-17)20-22(32)27(11-14(3)28)24(33)36-20/h5-10,17,28H,3-4,11-12H2,1-2H3,(H,29,30)/b13-9+,18-10-,23-20-. The van der Waals surface area contributed by atoms with Gasteiger partial charge in [-0.05, 0) is 32.1 Å². The minimum absolute atomic E-state index is 0.164. The van der Waals surface area contributed by atoms with Gasteiger partial charge in [-0.15, -0.1) is 0 Å². The number of carbonyl (C=O) groups excluding carboxylic acids is 2. The lowest BCUT2D eigenvalue weighted by Crippen LogP contribution is -2.34. The summed E-state index contributed by atoms with van der Waals surface area (Å²) in [4.78, 5) is 43.6. The van der Waals surface area contributed by atoms with Crippen molar-refractivity contribution in [3.05, 3.63) is 69.3 Å². The Kier molecular flexibility index (Phi) is 7.88. The maximum Gasteiger partial charge on any atom is 0.323 e. The molecule has 0 bridgehead atoms. The fourth-order valence-corrected chi connectivity index (χ4v) is 7.83. The van der Waals surface area contributed by atoms with Crippen LogP contribution in [0.5, 0.6) is 0 Å². The van der Waals surface area contributed by atoms with Crippen LogP contribution in [0, 0.1) is 0 Å². The molecular formula is C24H23N3O5S4. The van der Waals surface area contributed by atoms with Crippen LogP contribution in [0.15, 0.2) is 74.2 Å². The SMILES string of the molecule is C=C(O)CN1C(=O)/C(=C2/SC(/C=C(C)/C=C3\Sc4ccccc4N3CC)C(=O)N2CC(=O)O)SC1=S. The number of hydrogen-bond acceptors (Lipinski definition) is 9. The van der Waals surface area contributed by atoms with Crippen LogP contribution in [-0.4, -0.2) is 67.0 Å². The molecule has 0 aliphatic carbocycles. The molecule has 2 amide bonds. The molecule has 0 spiro atoms. The smallest absolute Gasteiger partial charge is 0.323 e. The first-order valence-electron chi connectivity index (χ1n) is 10.9. The number of amides is 2. The van der Waals surface area contributed by atoms with Gasteiger partial charge in [0.15, 0.2) is 0 Å². The van der Waals surface area contributed by atoms with Crippen LogP contribution in [0.2, 0.25) is 0 Å². The molecule has 3 heterocycles. The van der Waals surface area contributed by atoms with Gasteiger partial charge in [-0.1, -0.05) is 77.9 Å². The van der Waals surface area contributed by atoms with Crippen molar-refractivity contribution in [1.29, 1.82) is 0 Å². The first-order chi connectivity index (χ1) is 17.1. The molecule has 188 valence electrons. The number of rotatable bonds is 7. The van der Waals surface area contributed by atoms with Crippen LogP contribution in [0.1, 0.15) is 13.8 Å². The normalized spacial score (nSPS) is 23.3. The van der Waals surface area contributed by atoms with Crippen LogP contribution in [0.25, 0.3) is 0 Å². The van der Waals surface area contributed by atoms with Crippen molar-refractivity contribution in [1.82, 2.24) is 9.80 Å². The molecule has 1 atom stereocenters. The number of aliphatic hydroxyl groups excluding tert-OH is 1. The molecule has 3 aliphatic heterocycles. The Bertz CT molecular complexity index is 1270. The minimum atomic E-state index is -1.19. The Balaban J connectivity index is 1.63. The van der Waals surface area contributed by atoms with Crippen LogP contribution < -0.4 is 4.90 Å². The first-order valence-corrected chi connectivity index (χ1v) is 13.8. The predicted octanol–water partition coefficient (Wildman–Crippen LogP) is 4.54. The lowest BCUT2D eigenvalue weighted by atomic mass is 10.2. The molecule has 0 radical (unpaired) electrons. The maximum atomic E-state index is 13.2. The second kappa shape index (κ2) is 10.8. The van der Waals surface area contributed by atoms with E-state index in [0.717, 1.165) is 56.2 Å². The number of carboxylic acids is 1. The third kappa shape index (κ3) is 5.22. The predicted molar refractivity (Wildman–Crippen MR) is 149 cm³/mol. The third-order valence-corrected chi connectivity index (χ3v) is 9.31. The van der Waals surface area contributed by atoms with Gasteiger partial charge in [-0.2, -0.15) is 0 Å². The topological polar surface area (TPSA) is 101 Å². The van der Waals surface area contributed by atoms with Gasteiger partial charge in [-0.3, -0.25) is 24.2 Å². The number of aliphatic hydroxyl groups is 1. The summed E-state index contributed by atoms with van der Waals surface area (Å²) >= 11 is 9.02. The summed E-state index contributed by atoms with van der Waals surface area (Å²) < 4.78 is 0.207. The van der Waals surface area contributed by atoms with Gasteiger partial charge in [0, 0.05) is 11.4 Å². The molecular weight excluding hydrogens is 539 g/mol. The van der Waals surface area contributed by atoms with E-state index in [1.807, 2.05) is 25.1 Å². The van der Waals surface area contributed by atoms with Crippen molar-refractivity contribution in [3.63, 3.8) is 0 Å². The number of para-hydroxylation sites is 1. The molecule has 8 nitrogen and oxygen atoms in total. The van der Waals surface area contributed by atoms with Crippen LogP contribution in [-0.2, 0) is 14.4 Å². The van der Waals surface area contributed by atoms with E-state index >= 15 is 0 Å². The van der Waals surface area contributed by atoms with Gasteiger partial charge in [-0.25, -0.2) is 0 Å². The van der Waals surface area contributed by atoms with Gasteiger partial charge in [0.05, 0.1) is 22.3 Å². The van der Waals surface area contributed by atoms with E-state index in [9.17, 15) is 24.6 Å². The summed E-state index contributed by atoms with van der Waals surface area (Å²) in [5, 5.41) is 19.5. The summed E-state index contributed by atoms with van der Waals surface area (Å²) in [6, 6.07) is 8.13. The second-order valence-corrected chi connectivity index (χ2v) is 11.9. The minimum Gasteiger partial charge on any atom is -0.511 e. The number of nitrogens with zero attached hydrogens (tertiary/aromatic N) is 3. The van der Waals surface area contributed by atoms with E-state index in [2.05, 4.69) is 30.5 Å². The Morgan fingerprint density at radius 3 is 2.53 bits per heavy atom. The Labute approximate surface area is 226 Å². The first kappa shape index (κ1) is 26.4. The molecule has 36 heavy (non-hydrogen) atoms. The highest BCUT2D eigenvalue weighted by Crippen LogP contribution is 2.47. The zero-order chi connectivity index (χ0) is 26.1. The number of anilines is 1. The fraction of sp³-hybridized carbons (Fsp3) is 0.250. The summed E-state index contributed by atoms with van der Waals surface area (Å²) in [6.45, 7) is 7.42. The van der Waals surface area contributed by atoms with E-state index in [0.29, 0.717) is 0 Å². The largest absolute Gasteiger partial charge is 0.511 e. The number of carbonyl (C=O) groups is 3. The quantitative estimate of drug-likeness (QED) is 0.280. The lowest BCUT2D eigenvalue weighted by Gasteiger charge is -2.18. The van der Waals surface area contributed by atoms with E-state index < -0.39 is 29.6 Å². The average Bonchev–Trinajstić information content (AvgIpc) is 3.40. The Morgan fingerprint density at radius 1 is 1.14 bits per heavy atom. The van der Waals surface area contributed by atoms with E-state index in [1.54, 1.807) is 17.8 Å². The number of hydrogen-bond donors (Lipinski definition) is 2. The fourth-order valence-electron chi connectivity index (χ4n) is 3.87. The van der Waals surface area contributed by atoms with Gasteiger partial charge in [0.25, 0.3) is 5.91 Å². The molecule has 1 aromatic carbocycles. The van der Waals surface area contributed by atoms with Crippen molar-refractivity contribution in [2.45, 2.75) is 24.0 Å². The molecule has 0 aromatic heterocycles. The Morgan fingerprint density at radius 2 is 1.86 bits per heavy atom. The monoisotopic (exact) mass is 561 g/mol. The highest BCUT2D eigenvalue weighted by molar-refractivity contribution is 8.27. The van der Waals surface area contributed by atoms with Gasteiger partial charge in [0.1, 0.15) is 26.8 Å². The lowest BCUT2D eigenvalue weighted by molar-refractivity contribution is -0.142. The molecule has 2 saturated heterocycles. The average molecular weight is 562 g/mol. The van der Waals surface area contributed by atoms with Crippen molar-refractivity contribution in [2.24, 2.45) is 0 Å². The third-order valence-electron chi connectivity index (χ3n) is 5.39. The van der Waals surface area contributed by atoms with Gasteiger partial charge < -0.3 is 15.1 Å². The molecule has 2 N–H and O–H groups in total. The number of benzene rings is 1. The van der Waals surface area contributed by atoms with Crippen LogP contribution in [0.3, 0.4) is 0 Å². The molecule has 4 rings (SSSR count). The van der Waals surface area contributed by atoms with Crippen molar-refractivity contribution in [2.75, 3.05) is 24.5 Å². The highest BCUT2D eigenvalue weighted by atomic mass is 32.2. The van der Waals surface area contributed by atoms with Gasteiger partial charge >= 0.3 is 5.97 Å². The molecule has 2 fully saturated rings. The molecule has 0 saturated carbocycles. The number of allylic oxidation sites excluding steroid dienone is 2. The van der Waals surface area contributed by atoms with E-state index in [1.165, 1.54) is 4.90 Å². The molecule has 1 unspecified atom stereocenters. The van der Waals surface area contributed by atoms with Crippen LogP contribution >= 0.6 is 47.5 Å². The van der Waals surface area contributed by atoms with Crippen molar-refractivity contribution < 1.29 is 24.6 Å². The van der Waals surface area contributed by atoms with E-state index in [-0.39, 0.29) is 26.6 Å². The zero-order valence-corrected chi connectivity index (χ0v) is 22.7. The number of carboxylic acid groups (broad SMARTS) is 1. The number of aliphatic carboxylic acids is 1. The molecule has 1 aromatic rings.